The molecular formula is C17H14BFN6. The van der Waals surface area contributed by atoms with Crippen LogP contribution in [0, 0.1) is 5.82 Å². The van der Waals surface area contributed by atoms with Crippen molar-refractivity contribution in [3.8, 4) is 11.3 Å². The Kier molecular flexibility index (Phi) is 3.85. The molecule has 0 atom stereocenters. The lowest BCUT2D eigenvalue weighted by Gasteiger charge is -2.11. The lowest BCUT2D eigenvalue weighted by molar-refractivity contribution is 0.630. The number of aromatic nitrogens is 5. The molecule has 0 aliphatic rings. The van der Waals surface area contributed by atoms with Gasteiger partial charge < -0.3 is 5.32 Å². The molecule has 0 radical (unpaired) electrons. The van der Waals surface area contributed by atoms with Gasteiger partial charge >= 0.3 is 0 Å². The largest absolute Gasteiger partial charge is 0.366 e. The van der Waals surface area contributed by atoms with Crippen molar-refractivity contribution in [1.29, 1.82) is 0 Å². The molecule has 0 saturated carbocycles. The third kappa shape index (κ3) is 2.94. The molecule has 0 unspecified atom stereocenters. The van der Waals surface area contributed by atoms with E-state index in [1.165, 1.54) is 6.07 Å². The normalized spacial score (nSPS) is 10.9. The molecule has 4 rings (SSSR count). The van der Waals surface area contributed by atoms with Gasteiger partial charge in [0, 0.05) is 30.6 Å². The molecular weight excluding hydrogens is 318 g/mol. The second-order valence-electron chi connectivity index (χ2n) is 5.67. The van der Waals surface area contributed by atoms with Crippen LogP contribution in [0.5, 0.6) is 0 Å². The molecule has 0 fully saturated rings. The van der Waals surface area contributed by atoms with E-state index in [1.54, 1.807) is 47.4 Å². The number of nitrogens with one attached hydrogen (secondary N) is 1. The lowest BCUT2D eigenvalue weighted by atomic mass is 10.0. The molecule has 0 aliphatic heterocycles. The summed E-state index contributed by atoms with van der Waals surface area (Å²) in [5, 5.41) is 15.3. The van der Waals surface area contributed by atoms with Gasteiger partial charge in [-0.25, -0.2) is 9.37 Å². The zero-order valence-electron chi connectivity index (χ0n) is 13.5. The van der Waals surface area contributed by atoms with E-state index in [0.717, 1.165) is 16.8 Å². The van der Waals surface area contributed by atoms with E-state index in [1.807, 2.05) is 13.9 Å². The maximum Gasteiger partial charge on any atom is 0.151 e. The highest BCUT2D eigenvalue weighted by atomic mass is 19.1. The van der Waals surface area contributed by atoms with Crippen molar-refractivity contribution < 1.29 is 4.39 Å². The smallest absolute Gasteiger partial charge is 0.151 e. The Bertz CT molecular complexity index is 1030. The van der Waals surface area contributed by atoms with Crippen LogP contribution in [0.15, 0.2) is 55.0 Å². The highest BCUT2D eigenvalue weighted by Crippen LogP contribution is 2.24. The van der Waals surface area contributed by atoms with Crippen molar-refractivity contribution >= 4 is 24.8 Å². The monoisotopic (exact) mass is 332 g/mol. The summed E-state index contributed by atoms with van der Waals surface area (Å²) in [5.74, 6) is 0.425. The third-order valence-electron chi connectivity index (χ3n) is 3.92. The molecule has 3 aromatic heterocycles. The van der Waals surface area contributed by atoms with Gasteiger partial charge in [-0.3, -0.25) is 0 Å². The predicted molar refractivity (Wildman–Crippen MR) is 95.9 cm³/mol. The van der Waals surface area contributed by atoms with Gasteiger partial charge in [0.15, 0.2) is 5.65 Å². The van der Waals surface area contributed by atoms with Crippen LogP contribution >= 0.6 is 0 Å². The molecule has 0 spiro atoms. The number of hydrogen-bond acceptors (Lipinski definition) is 5. The molecule has 25 heavy (non-hydrogen) atoms. The summed E-state index contributed by atoms with van der Waals surface area (Å²) in [4.78, 5) is 4.58. The Morgan fingerprint density at radius 2 is 2.00 bits per heavy atom. The molecule has 1 aromatic carbocycles. The van der Waals surface area contributed by atoms with Gasteiger partial charge in [0.05, 0.1) is 11.9 Å². The summed E-state index contributed by atoms with van der Waals surface area (Å²) in [6, 6.07) is 10.3. The second-order valence-corrected chi connectivity index (χ2v) is 5.67. The first-order valence-electron chi connectivity index (χ1n) is 7.82. The minimum absolute atomic E-state index is 0.305. The summed E-state index contributed by atoms with van der Waals surface area (Å²) >= 11 is 0. The van der Waals surface area contributed by atoms with E-state index >= 15 is 0 Å². The quantitative estimate of drug-likeness (QED) is 0.569. The Hall–Kier alpha value is -3.29. The molecule has 0 bridgehead atoms. The fourth-order valence-corrected chi connectivity index (χ4v) is 2.62. The molecule has 3 heterocycles. The van der Waals surface area contributed by atoms with Crippen LogP contribution in [0.3, 0.4) is 0 Å². The minimum Gasteiger partial charge on any atom is -0.366 e. The van der Waals surface area contributed by atoms with E-state index in [4.69, 9.17) is 0 Å². The van der Waals surface area contributed by atoms with Gasteiger partial charge in [0.2, 0.25) is 0 Å². The van der Waals surface area contributed by atoms with Crippen LogP contribution in [-0.2, 0) is 6.54 Å². The summed E-state index contributed by atoms with van der Waals surface area (Å²) < 4.78 is 15.9. The summed E-state index contributed by atoms with van der Waals surface area (Å²) in [5.41, 5.74) is 3.61. The van der Waals surface area contributed by atoms with E-state index in [-0.39, 0.29) is 5.82 Å². The highest BCUT2D eigenvalue weighted by molar-refractivity contribution is 6.36. The van der Waals surface area contributed by atoms with Crippen molar-refractivity contribution in [2.24, 2.45) is 0 Å². The number of anilines is 1. The zero-order chi connectivity index (χ0) is 17.2. The van der Waals surface area contributed by atoms with Gasteiger partial charge in [-0.2, -0.15) is 19.8 Å². The third-order valence-corrected chi connectivity index (χ3v) is 3.92. The van der Waals surface area contributed by atoms with Gasteiger partial charge in [-0.05, 0) is 29.2 Å². The van der Waals surface area contributed by atoms with Crippen molar-refractivity contribution in [3.05, 3.63) is 66.4 Å². The first-order valence-corrected chi connectivity index (χ1v) is 7.82. The van der Waals surface area contributed by atoms with Crippen LogP contribution in [0.2, 0.25) is 0 Å². The Morgan fingerprint density at radius 3 is 2.80 bits per heavy atom. The Morgan fingerprint density at radius 1 is 1.12 bits per heavy atom. The maximum atomic E-state index is 14.2. The molecule has 0 amide bonds. The molecule has 0 saturated heterocycles. The Balaban J connectivity index is 1.78. The highest BCUT2D eigenvalue weighted by Gasteiger charge is 2.13. The zero-order valence-corrected chi connectivity index (χ0v) is 13.5. The first kappa shape index (κ1) is 15.3. The van der Waals surface area contributed by atoms with Crippen molar-refractivity contribution in [2.45, 2.75) is 6.54 Å². The van der Waals surface area contributed by atoms with Crippen molar-refractivity contribution in [2.75, 3.05) is 5.32 Å². The predicted octanol–water partition coefficient (Wildman–Crippen LogP) is 1.20. The standard InChI is InChI=1S/C17H14BFN6/c18-13-10-23-25-16(20-8-11-5-6-21-22-9-11)7-15(24-17(13)25)12-3-1-2-4-14(12)19/h1-7,9-10,20H,8,18H2. The summed E-state index contributed by atoms with van der Waals surface area (Å²) in [6.07, 6.45) is 5.08. The number of nitrogens with zero attached hydrogens (tertiary/aromatic N) is 5. The number of benzene rings is 1. The van der Waals surface area contributed by atoms with E-state index in [9.17, 15) is 4.39 Å². The second kappa shape index (κ2) is 6.31. The van der Waals surface area contributed by atoms with Gasteiger partial charge in [-0.15, -0.1) is 0 Å². The van der Waals surface area contributed by atoms with Gasteiger partial charge in [0.25, 0.3) is 0 Å². The average Bonchev–Trinajstić information content (AvgIpc) is 3.02. The van der Waals surface area contributed by atoms with Crippen molar-refractivity contribution in [3.63, 3.8) is 0 Å². The molecule has 4 aromatic rings. The van der Waals surface area contributed by atoms with Gasteiger partial charge in [-0.1, -0.05) is 12.1 Å². The molecule has 6 nitrogen and oxygen atoms in total. The van der Waals surface area contributed by atoms with Crippen LogP contribution in [0.1, 0.15) is 5.56 Å². The van der Waals surface area contributed by atoms with Crippen LogP contribution in [-0.4, -0.2) is 32.6 Å². The molecule has 122 valence electrons. The number of fused-ring (bicyclic) bond motifs is 1. The van der Waals surface area contributed by atoms with Crippen LogP contribution < -0.4 is 10.8 Å². The Labute approximate surface area is 144 Å². The SMILES string of the molecule is Bc1cnn2c(NCc3ccnnc3)cc(-c3ccccc3F)nc12. The van der Waals surface area contributed by atoms with E-state index < -0.39 is 0 Å². The fourth-order valence-electron chi connectivity index (χ4n) is 2.62. The van der Waals surface area contributed by atoms with Crippen LogP contribution in [0.4, 0.5) is 10.2 Å². The molecule has 1 N–H and O–H groups in total. The topological polar surface area (TPSA) is 68.0 Å². The number of hydrogen-bond donors (Lipinski definition) is 1. The summed E-state index contributed by atoms with van der Waals surface area (Å²) in [7, 11) is 1.93. The van der Waals surface area contributed by atoms with Crippen LogP contribution in [0.25, 0.3) is 16.9 Å². The van der Waals surface area contributed by atoms with E-state index in [2.05, 4.69) is 25.6 Å². The van der Waals surface area contributed by atoms with Gasteiger partial charge in [0.1, 0.15) is 19.5 Å². The number of halogens is 1. The van der Waals surface area contributed by atoms with Crippen molar-refractivity contribution in [1.82, 2.24) is 24.8 Å². The number of rotatable bonds is 4. The average molecular weight is 332 g/mol. The molecule has 0 aliphatic carbocycles. The fraction of sp³-hybridized carbons (Fsp3) is 0.0588. The molecule has 8 heteroatoms. The lowest BCUT2D eigenvalue weighted by Crippen LogP contribution is -2.10. The summed E-state index contributed by atoms with van der Waals surface area (Å²) in [6.45, 7) is 0.546. The van der Waals surface area contributed by atoms with E-state index in [0.29, 0.717) is 23.4 Å². The first-order chi connectivity index (χ1) is 12.2. The minimum atomic E-state index is -0.305. The maximum absolute atomic E-state index is 14.2.